The van der Waals surface area contributed by atoms with Crippen molar-refractivity contribution in [3.63, 3.8) is 0 Å². The van der Waals surface area contributed by atoms with Crippen LogP contribution < -0.4 is 10.2 Å². The molecule has 0 saturated heterocycles. The van der Waals surface area contributed by atoms with Crippen molar-refractivity contribution < 1.29 is 33.3 Å². The van der Waals surface area contributed by atoms with Gasteiger partial charge in [0.2, 0.25) is 0 Å². The lowest BCUT2D eigenvalue weighted by Gasteiger charge is -2.34. The molecule has 0 bridgehead atoms. The second kappa shape index (κ2) is 9.23. The van der Waals surface area contributed by atoms with E-state index in [4.69, 9.17) is 14.2 Å². The highest BCUT2D eigenvalue weighted by molar-refractivity contribution is 6.04. The minimum absolute atomic E-state index is 0.0411. The summed E-state index contributed by atoms with van der Waals surface area (Å²) < 4.78 is 30.0. The van der Waals surface area contributed by atoms with Gasteiger partial charge in [0.1, 0.15) is 23.9 Å². The van der Waals surface area contributed by atoms with E-state index < -0.39 is 17.8 Å². The summed E-state index contributed by atoms with van der Waals surface area (Å²) in [6.45, 7) is -0.282. The maximum atomic E-state index is 14.9. The smallest absolute Gasteiger partial charge is 0.355 e. The number of carbonyl (C=O) groups excluding carboxylic acids is 2. The fourth-order valence-corrected chi connectivity index (χ4v) is 3.67. The molecule has 9 heteroatoms. The SMILES string of the molecule is COC(=O)C1=C(C(=O)OC)N(c2c(F)cccc2NC2CCC(O)CC2)COC1. The molecule has 0 aromatic heterocycles. The molecule has 1 fully saturated rings. The Labute approximate surface area is 168 Å². The van der Waals surface area contributed by atoms with Crippen LogP contribution >= 0.6 is 0 Å². The Morgan fingerprint density at radius 3 is 2.52 bits per heavy atom. The van der Waals surface area contributed by atoms with Crippen LogP contribution in [-0.2, 0) is 23.8 Å². The summed E-state index contributed by atoms with van der Waals surface area (Å²) in [6, 6.07) is 4.58. The lowest BCUT2D eigenvalue weighted by molar-refractivity contribution is -0.140. The number of nitrogens with one attached hydrogen (secondary N) is 1. The quantitative estimate of drug-likeness (QED) is 0.714. The zero-order valence-electron chi connectivity index (χ0n) is 16.4. The van der Waals surface area contributed by atoms with Gasteiger partial charge in [-0.1, -0.05) is 6.07 Å². The summed E-state index contributed by atoms with van der Waals surface area (Å²) in [7, 11) is 2.38. The Kier molecular flexibility index (Phi) is 6.71. The maximum absolute atomic E-state index is 14.9. The van der Waals surface area contributed by atoms with Crippen LogP contribution in [0, 0.1) is 5.82 Å². The Bertz CT molecular complexity index is 804. The molecular formula is C20H25FN2O6. The molecule has 2 N–H and O–H groups in total. The van der Waals surface area contributed by atoms with Crippen molar-refractivity contribution in [1.82, 2.24) is 0 Å². The molecule has 2 aliphatic rings. The molecule has 0 amide bonds. The van der Waals surface area contributed by atoms with Crippen LogP contribution in [0.4, 0.5) is 15.8 Å². The minimum atomic E-state index is -0.788. The molecule has 1 aliphatic heterocycles. The average Bonchev–Trinajstić information content (AvgIpc) is 2.74. The van der Waals surface area contributed by atoms with E-state index in [0.717, 1.165) is 12.8 Å². The van der Waals surface area contributed by atoms with Crippen LogP contribution in [0.1, 0.15) is 25.7 Å². The molecule has 0 radical (unpaired) electrons. The normalized spacial score (nSPS) is 22.3. The van der Waals surface area contributed by atoms with Crippen LogP contribution in [0.3, 0.4) is 0 Å². The summed E-state index contributed by atoms with van der Waals surface area (Å²) in [5.41, 5.74) is 0.390. The van der Waals surface area contributed by atoms with Gasteiger partial charge >= 0.3 is 11.9 Å². The van der Waals surface area contributed by atoms with Crippen LogP contribution in [0.2, 0.25) is 0 Å². The molecule has 1 aromatic carbocycles. The first-order valence-electron chi connectivity index (χ1n) is 9.44. The first kappa shape index (κ1) is 21.1. The zero-order valence-corrected chi connectivity index (χ0v) is 16.4. The molecule has 1 saturated carbocycles. The van der Waals surface area contributed by atoms with Crippen molar-refractivity contribution in [2.24, 2.45) is 0 Å². The van der Waals surface area contributed by atoms with E-state index >= 15 is 0 Å². The van der Waals surface area contributed by atoms with Crippen molar-refractivity contribution in [3.05, 3.63) is 35.3 Å². The molecule has 0 atom stereocenters. The minimum Gasteiger partial charge on any atom is -0.466 e. The van der Waals surface area contributed by atoms with Crippen molar-refractivity contribution in [1.29, 1.82) is 0 Å². The molecule has 158 valence electrons. The molecule has 1 aromatic rings. The number of hydrogen-bond acceptors (Lipinski definition) is 8. The number of methoxy groups -OCH3 is 2. The number of halogens is 1. The monoisotopic (exact) mass is 408 g/mol. The Morgan fingerprint density at radius 1 is 1.17 bits per heavy atom. The highest BCUT2D eigenvalue weighted by Crippen LogP contribution is 2.36. The predicted octanol–water partition coefficient (Wildman–Crippen LogP) is 1.94. The second-order valence-electron chi connectivity index (χ2n) is 7.00. The highest BCUT2D eigenvalue weighted by Gasteiger charge is 2.35. The third-order valence-electron chi connectivity index (χ3n) is 5.15. The van der Waals surface area contributed by atoms with Crippen LogP contribution in [0.25, 0.3) is 0 Å². The lowest BCUT2D eigenvalue weighted by atomic mass is 9.93. The first-order valence-corrected chi connectivity index (χ1v) is 9.44. The number of anilines is 2. The summed E-state index contributed by atoms with van der Waals surface area (Å²) in [4.78, 5) is 25.9. The molecule has 0 spiro atoms. The van der Waals surface area contributed by atoms with Crippen molar-refractivity contribution in [2.45, 2.75) is 37.8 Å². The van der Waals surface area contributed by atoms with E-state index in [2.05, 4.69) is 5.32 Å². The number of rotatable bonds is 5. The number of nitrogens with zero attached hydrogens (tertiary/aromatic N) is 1. The van der Waals surface area contributed by atoms with Gasteiger partial charge in [0.15, 0.2) is 0 Å². The number of aliphatic hydroxyl groups is 1. The number of benzene rings is 1. The summed E-state index contributed by atoms with van der Waals surface area (Å²) in [5.74, 6) is -2.12. The van der Waals surface area contributed by atoms with E-state index in [1.807, 2.05) is 0 Å². The molecule has 1 heterocycles. The Morgan fingerprint density at radius 2 is 1.86 bits per heavy atom. The topological polar surface area (TPSA) is 97.3 Å². The molecular weight excluding hydrogens is 383 g/mol. The largest absolute Gasteiger partial charge is 0.466 e. The van der Waals surface area contributed by atoms with Gasteiger partial charge in [-0.2, -0.15) is 0 Å². The van der Waals surface area contributed by atoms with Crippen molar-refractivity contribution in [3.8, 4) is 0 Å². The van der Waals surface area contributed by atoms with Gasteiger partial charge in [-0.15, -0.1) is 0 Å². The Balaban J connectivity index is 2.01. The number of hydrogen-bond donors (Lipinski definition) is 2. The fraction of sp³-hybridized carbons (Fsp3) is 0.500. The zero-order chi connectivity index (χ0) is 21.0. The summed E-state index contributed by atoms with van der Waals surface area (Å²) in [6.07, 6.45) is 2.48. The summed E-state index contributed by atoms with van der Waals surface area (Å²) >= 11 is 0. The van der Waals surface area contributed by atoms with Gasteiger partial charge in [-0.05, 0) is 37.8 Å². The second-order valence-corrected chi connectivity index (χ2v) is 7.00. The molecule has 29 heavy (non-hydrogen) atoms. The van der Waals surface area contributed by atoms with Crippen LogP contribution in [0.5, 0.6) is 0 Å². The van der Waals surface area contributed by atoms with Gasteiger partial charge in [-0.25, -0.2) is 14.0 Å². The fourth-order valence-electron chi connectivity index (χ4n) is 3.67. The molecule has 3 rings (SSSR count). The Hall–Kier alpha value is -2.65. The molecule has 1 aliphatic carbocycles. The van der Waals surface area contributed by atoms with Gasteiger partial charge in [0, 0.05) is 6.04 Å². The number of ether oxygens (including phenoxy) is 3. The van der Waals surface area contributed by atoms with E-state index in [9.17, 15) is 19.1 Å². The standard InChI is InChI=1S/C20H25FN2O6/c1-27-19(25)14-10-29-11-23(17(14)20(26)28-2)18-15(21)4-3-5-16(18)22-12-6-8-13(24)9-7-12/h3-5,12-13,22,24H,6-11H2,1-2H3. The van der Waals surface area contributed by atoms with Gasteiger partial charge in [0.25, 0.3) is 0 Å². The molecule has 8 nitrogen and oxygen atoms in total. The lowest BCUT2D eigenvalue weighted by Crippen LogP contribution is -2.40. The average molecular weight is 408 g/mol. The first-order chi connectivity index (χ1) is 14.0. The molecule has 0 unspecified atom stereocenters. The number of para-hydroxylation sites is 1. The van der Waals surface area contributed by atoms with E-state index in [1.165, 1.54) is 25.2 Å². The number of aliphatic hydroxyl groups excluding tert-OH is 1. The van der Waals surface area contributed by atoms with Crippen LogP contribution in [0.15, 0.2) is 29.5 Å². The van der Waals surface area contributed by atoms with Gasteiger partial charge in [-0.3, -0.25) is 0 Å². The number of carbonyl (C=O) groups is 2. The predicted molar refractivity (Wildman–Crippen MR) is 103 cm³/mol. The maximum Gasteiger partial charge on any atom is 0.355 e. The van der Waals surface area contributed by atoms with E-state index in [0.29, 0.717) is 18.5 Å². The highest BCUT2D eigenvalue weighted by atomic mass is 19.1. The van der Waals surface area contributed by atoms with Gasteiger partial charge < -0.3 is 29.5 Å². The third-order valence-corrected chi connectivity index (χ3v) is 5.15. The summed E-state index contributed by atoms with van der Waals surface area (Å²) in [5, 5.41) is 13.0. The van der Waals surface area contributed by atoms with Crippen LogP contribution in [-0.4, -0.2) is 56.7 Å². The van der Waals surface area contributed by atoms with E-state index in [-0.39, 0.29) is 42.4 Å². The van der Waals surface area contributed by atoms with Crippen molar-refractivity contribution >= 4 is 23.3 Å². The van der Waals surface area contributed by atoms with Crippen molar-refractivity contribution in [2.75, 3.05) is 37.8 Å². The van der Waals surface area contributed by atoms with Gasteiger partial charge in [0.05, 0.1) is 38.2 Å². The van der Waals surface area contributed by atoms with E-state index in [1.54, 1.807) is 12.1 Å². The number of esters is 2. The third kappa shape index (κ3) is 4.51.